The number of rotatable bonds is 3. The zero-order chi connectivity index (χ0) is 12.3. The first kappa shape index (κ1) is 12.7. The van der Waals surface area contributed by atoms with Crippen LogP contribution >= 0.6 is 0 Å². The second kappa shape index (κ2) is 4.64. The van der Waals surface area contributed by atoms with Gasteiger partial charge in [0.2, 0.25) is 6.04 Å². The Morgan fingerprint density at radius 3 is 2.06 bits per heavy atom. The van der Waals surface area contributed by atoms with E-state index in [4.69, 9.17) is 0 Å². The van der Waals surface area contributed by atoms with Crippen LogP contribution < -0.4 is 0 Å². The average molecular weight is 221 g/mol. The highest BCUT2D eigenvalue weighted by Gasteiger charge is 2.21. The lowest BCUT2D eigenvalue weighted by Crippen LogP contribution is -2.12. The van der Waals surface area contributed by atoms with Crippen LogP contribution in [0, 0.1) is 10.1 Å². The molecule has 0 bridgehead atoms. The third kappa shape index (κ3) is 2.81. The van der Waals surface area contributed by atoms with Crippen LogP contribution in [0.3, 0.4) is 0 Å². The van der Waals surface area contributed by atoms with Crippen LogP contribution in [0.2, 0.25) is 0 Å². The molecule has 0 aliphatic carbocycles. The van der Waals surface area contributed by atoms with Gasteiger partial charge in [-0.15, -0.1) is 0 Å². The molecule has 1 atom stereocenters. The minimum atomic E-state index is -0.575. The Balaban J connectivity index is 2.98. The minimum absolute atomic E-state index is 0.0921. The second-order valence-corrected chi connectivity index (χ2v) is 5.08. The van der Waals surface area contributed by atoms with Gasteiger partial charge in [0.15, 0.2) is 0 Å². The Morgan fingerprint density at radius 1 is 1.25 bits per heavy atom. The normalized spacial score (nSPS) is 13.5. The van der Waals surface area contributed by atoms with Crippen molar-refractivity contribution in [2.45, 2.75) is 45.6 Å². The summed E-state index contributed by atoms with van der Waals surface area (Å²) in [6, 6.07) is 7.15. The standard InChI is InChI=1S/C13H19NO2/c1-5-12(14(15)16)10-6-8-11(9-7-10)13(2,3)4/h6-9,12H,5H2,1-4H3. The van der Waals surface area contributed by atoms with Gasteiger partial charge in [-0.25, -0.2) is 0 Å². The van der Waals surface area contributed by atoms with Crippen LogP contribution in [-0.2, 0) is 5.41 Å². The lowest BCUT2D eigenvalue weighted by molar-refractivity contribution is -0.529. The lowest BCUT2D eigenvalue weighted by Gasteiger charge is -2.19. The quantitative estimate of drug-likeness (QED) is 0.576. The van der Waals surface area contributed by atoms with Crippen LogP contribution in [0.1, 0.15) is 51.3 Å². The van der Waals surface area contributed by atoms with Crippen LogP contribution in [0.25, 0.3) is 0 Å². The molecule has 0 N–H and O–H groups in total. The maximum atomic E-state index is 10.8. The van der Waals surface area contributed by atoms with E-state index in [1.165, 1.54) is 5.56 Å². The van der Waals surface area contributed by atoms with E-state index in [9.17, 15) is 10.1 Å². The van der Waals surface area contributed by atoms with Gasteiger partial charge in [-0.1, -0.05) is 52.0 Å². The molecule has 0 aliphatic heterocycles. The van der Waals surface area contributed by atoms with Crippen LogP contribution in [0.4, 0.5) is 0 Å². The first-order valence-corrected chi connectivity index (χ1v) is 5.60. The van der Waals surface area contributed by atoms with Gasteiger partial charge < -0.3 is 0 Å². The van der Waals surface area contributed by atoms with Crippen molar-refractivity contribution in [1.82, 2.24) is 0 Å². The summed E-state index contributed by atoms with van der Waals surface area (Å²) in [4.78, 5) is 10.6. The number of hydrogen-bond acceptors (Lipinski definition) is 2. The third-order valence-electron chi connectivity index (χ3n) is 2.80. The van der Waals surface area contributed by atoms with Gasteiger partial charge in [-0.3, -0.25) is 10.1 Å². The Morgan fingerprint density at radius 2 is 1.75 bits per heavy atom. The van der Waals surface area contributed by atoms with Gasteiger partial charge in [-0.05, 0) is 11.0 Å². The zero-order valence-corrected chi connectivity index (χ0v) is 10.4. The van der Waals surface area contributed by atoms with Gasteiger partial charge in [-0.2, -0.15) is 0 Å². The average Bonchev–Trinajstić information content (AvgIpc) is 2.17. The van der Waals surface area contributed by atoms with E-state index in [-0.39, 0.29) is 10.3 Å². The molecule has 1 aromatic carbocycles. The first-order valence-electron chi connectivity index (χ1n) is 5.60. The molecule has 16 heavy (non-hydrogen) atoms. The molecular weight excluding hydrogens is 202 g/mol. The number of nitrogens with zero attached hydrogens (tertiary/aromatic N) is 1. The highest BCUT2D eigenvalue weighted by Crippen LogP contribution is 2.25. The molecule has 3 nitrogen and oxygen atoms in total. The summed E-state index contributed by atoms with van der Waals surface area (Å²) in [5.41, 5.74) is 2.09. The van der Waals surface area contributed by atoms with Crippen molar-refractivity contribution in [3.8, 4) is 0 Å². The smallest absolute Gasteiger partial charge is 0.237 e. The van der Waals surface area contributed by atoms with Crippen molar-refractivity contribution in [3.05, 3.63) is 45.5 Å². The van der Waals surface area contributed by atoms with Gasteiger partial charge in [0.1, 0.15) is 0 Å². The van der Waals surface area contributed by atoms with Crippen molar-refractivity contribution in [2.75, 3.05) is 0 Å². The van der Waals surface area contributed by atoms with Crippen LogP contribution in [0.5, 0.6) is 0 Å². The molecule has 1 unspecified atom stereocenters. The summed E-state index contributed by atoms with van der Waals surface area (Å²) in [6.07, 6.45) is 0.530. The Hall–Kier alpha value is -1.38. The monoisotopic (exact) mass is 221 g/mol. The van der Waals surface area contributed by atoms with Gasteiger partial charge >= 0.3 is 0 Å². The molecule has 0 saturated carbocycles. The third-order valence-corrected chi connectivity index (χ3v) is 2.80. The topological polar surface area (TPSA) is 43.1 Å². The molecule has 1 aromatic rings. The summed E-state index contributed by atoms with van der Waals surface area (Å²) in [5.74, 6) is 0. The summed E-state index contributed by atoms with van der Waals surface area (Å²) in [5, 5.41) is 10.8. The molecule has 1 rings (SSSR count). The fourth-order valence-electron chi connectivity index (χ4n) is 1.71. The van der Waals surface area contributed by atoms with Gasteiger partial charge in [0.05, 0.1) is 0 Å². The van der Waals surface area contributed by atoms with Crippen molar-refractivity contribution in [1.29, 1.82) is 0 Å². The van der Waals surface area contributed by atoms with Crippen molar-refractivity contribution in [3.63, 3.8) is 0 Å². The summed E-state index contributed by atoms with van der Waals surface area (Å²) in [6.45, 7) is 8.23. The summed E-state index contributed by atoms with van der Waals surface area (Å²) in [7, 11) is 0. The van der Waals surface area contributed by atoms with Gasteiger partial charge in [0, 0.05) is 16.9 Å². The van der Waals surface area contributed by atoms with Gasteiger partial charge in [0.25, 0.3) is 0 Å². The maximum Gasteiger partial charge on any atom is 0.237 e. The fraction of sp³-hybridized carbons (Fsp3) is 0.538. The first-order chi connectivity index (χ1) is 7.36. The van der Waals surface area contributed by atoms with Crippen molar-refractivity contribution < 1.29 is 4.92 Å². The van der Waals surface area contributed by atoms with Crippen LogP contribution in [0.15, 0.2) is 24.3 Å². The van der Waals surface area contributed by atoms with Crippen molar-refractivity contribution in [2.24, 2.45) is 0 Å². The summed E-state index contributed by atoms with van der Waals surface area (Å²) >= 11 is 0. The maximum absolute atomic E-state index is 10.8. The Bertz CT molecular complexity index is 363. The largest absolute Gasteiger partial charge is 0.264 e. The number of hydrogen-bond donors (Lipinski definition) is 0. The molecule has 0 fully saturated rings. The van der Waals surface area contributed by atoms with E-state index < -0.39 is 6.04 Å². The predicted molar refractivity (Wildman–Crippen MR) is 65.2 cm³/mol. The number of benzene rings is 1. The fourth-order valence-corrected chi connectivity index (χ4v) is 1.71. The summed E-state index contributed by atoms with van der Waals surface area (Å²) < 4.78 is 0. The molecule has 3 heteroatoms. The number of nitro groups is 1. The Kier molecular flexibility index (Phi) is 3.68. The molecular formula is C13H19NO2. The molecule has 0 spiro atoms. The molecule has 0 aliphatic rings. The highest BCUT2D eigenvalue weighted by molar-refractivity contribution is 5.28. The molecule has 88 valence electrons. The van der Waals surface area contributed by atoms with E-state index in [0.29, 0.717) is 6.42 Å². The molecule has 0 aromatic heterocycles. The second-order valence-electron chi connectivity index (χ2n) is 5.08. The van der Waals surface area contributed by atoms with Crippen molar-refractivity contribution >= 4 is 0 Å². The highest BCUT2D eigenvalue weighted by atomic mass is 16.6. The molecule has 0 amide bonds. The predicted octanol–water partition coefficient (Wildman–Crippen LogP) is 3.71. The van der Waals surface area contributed by atoms with E-state index in [0.717, 1.165) is 5.56 Å². The molecule has 0 saturated heterocycles. The van der Waals surface area contributed by atoms with E-state index in [1.807, 2.05) is 31.2 Å². The van der Waals surface area contributed by atoms with E-state index in [1.54, 1.807) is 0 Å². The zero-order valence-electron chi connectivity index (χ0n) is 10.4. The lowest BCUT2D eigenvalue weighted by atomic mass is 9.86. The van der Waals surface area contributed by atoms with Crippen LogP contribution in [-0.4, -0.2) is 4.92 Å². The Labute approximate surface area is 96.6 Å². The minimum Gasteiger partial charge on any atom is -0.264 e. The van der Waals surface area contributed by atoms with E-state index in [2.05, 4.69) is 20.8 Å². The molecule has 0 heterocycles. The molecule has 0 radical (unpaired) electrons. The SMILES string of the molecule is CCC(c1ccc(C(C)(C)C)cc1)[N+](=O)[O-]. The van der Waals surface area contributed by atoms with E-state index >= 15 is 0 Å².